The monoisotopic (exact) mass is 316 g/mol. The second kappa shape index (κ2) is 7.53. The van der Waals surface area contributed by atoms with Crippen LogP contribution in [0, 0.1) is 0 Å². The van der Waals surface area contributed by atoms with Gasteiger partial charge in [-0.1, -0.05) is 25.1 Å². The zero-order valence-electron chi connectivity index (χ0n) is 13.3. The molecule has 7 heteroatoms. The smallest absolute Gasteiger partial charge is 0.267 e. The van der Waals surface area contributed by atoms with Crippen LogP contribution >= 0.6 is 0 Å². The van der Waals surface area contributed by atoms with Gasteiger partial charge in [-0.15, -0.1) is 0 Å². The highest BCUT2D eigenvalue weighted by Gasteiger charge is 2.22. The normalized spacial score (nSPS) is 14.3. The summed E-state index contributed by atoms with van der Waals surface area (Å²) in [6.07, 6.45) is 1.34. The molecular weight excluding hydrogens is 296 g/mol. The highest BCUT2D eigenvalue weighted by atomic mass is 16.2. The highest BCUT2D eigenvalue weighted by Crippen LogP contribution is 2.15. The molecule has 0 unspecified atom stereocenters. The molecule has 1 aromatic carbocycles. The number of benzene rings is 1. The lowest BCUT2D eigenvalue weighted by Gasteiger charge is -2.18. The molecule has 0 spiro atoms. The van der Waals surface area contributed by atoms with Gasteiger partial charge in [-0.05, 0) is 18.1 Å². The van der Waals surface area contributed by atoms with E-state index in [4.69, 9.17) is 0 Å². The number of hydrogen-bond donors (Lipinski definition) is 2. The standard InChI is InChI=1S/C16H20N4O3/c1-3-11-6-4-5-7-12(11)18-14(21)10-17-16(23)13-8-9-15(22)20(2)19-13/h4-7H,3,8-10H2,1-2H3,(H,17,23)(H,18,21). The van der Waals surface area contributed by atoms with E-state index >= 15 is 0 Å². The number of carbonyl (C=O) groups is 3. The molecule has 0 fully saturated rings. The van der Waals surface area contributed by atoms with Crippen molar-refractivity contribution in [1.29, 1.82) is 0 Å². The van der Waals surface area contributed by atoms with E-state index in [0.29, 0.717) is 0 Å². The Balaban J connectivity index is 1.88. The Morgan fingerprint density at radius 1 is 1.26 bits per heavy atom. The third kappa shape index (κ3) is 4.38. The fourth-order valence-corrected chi connectivity index (χ4v) is 2.24. The summed E-state index contributed by atoms with van der Waals surface area (Å²) in [7, 11) is 1.50. The minimum atomic E-state index is -0.428. The number of para-hydroxylation sites is 1. The number of aryl methyl sites for hydroxylation is 1. The molecule has 3 amide bonds. The molecule has 0 saturated carbocycles. The van der Waals surface area contributed by atoms with Gasteiger partial charge in [0, 0.05) is 25.6 Å². The van der Waals surface area contributed by atoms with Crippen LogP contribution in [0.2, 0.25) is 0 Å². The van der Waals surface area contributed by atoms with Crippen molar-refractivity contribution in [2.75, 3.05) is 18.9 Å². The van der Waals surface area contributed by atoms with Gasteiger partial charge in [0.15, 0.2) is 0 Å². The molecular formula is C16H20N4O3. The minimum absolute atomic E-state index is 0.129. The summed E-state index contributed by atoms with van der Waals surface area (Å²) in [6, 6.07) is 7.52. The number of nitrogens with zero attached hydrogens (tertiary/aromatic N) is 2. The summed E-state index contributed by atoms with van der Waals surface area (Å²) in [4.78, 5) is 35.2. The molecule has 0 atom stereocenters. The highest BCUT2D eigenvalue weighted by molar-refractivity contribution is 6.39. The minimum Gasteiger partial charge on any atom is -0.342 e. The lowest BCUT2D eigenvalue weighted by Crippen LogP contribution is -2.40. The van der Waals surface area contributed by atoms with Crippen LogP contribution in [0.25, 0.3) is 0 Å². The van der Waals surface area contributed by atoms with Crippen LogP contribution in [0.1, 0.15) is 25.3 Å². The van der Waals surface area contributed by atoms with E-state index < -0.39 is 5.91 Å². The van der Waals surface area contributed by atoms with Crippen LogP contribution < -0.4 is 10.6 Å². The lowest BCUT2D eigenvalue weighted by molar-refractivity contribution is -0.130. The number of anilines is 1. The molecule has 1 aromatic rings. The number of hydrazone groups is 1. The molecule has 1 aliphatic heterocycles. The van der Waals surface area contributed by atoms with Gasteiger partial charge < -0.3 is 10.6 Å². The molecule has 23 heavy (non-hydrogen) atoms. The largest absolute Gasteiger partial charge is 0.342 e. The van der Waals surface area contributed by atoms with Crippen molar-refractivity contribution in [3.8, 4) is 0 Å². The molecule has 0 saturated heterocycles. The summed E-state index contributed by atoms with van der Waals surface area (Å²) >= 11 is 0. The number of hydrogen-bond acceptors (Lipinski definition) is 4. The molecule has 1 aliphatic rings. The van der Waals surface area contributed by atoms with Crippen LogP contribution in [-0.4, -0.2) is 42.0 Å². The maximum atomic E-state index is 12.0. The SMILES string of the molecule is CCc1ccccc1NC(=O)CNC(=O)C1=NN(C)C(=O)CC1. The van der Waals surface area contributed by atoms with Crippen molar-refractivity contribution >= 4 is 29.1 Å². The number of rotatable bonds is 5. The van der Waals surface area contributed by atoms with Gasteiger partial charge in [0.1, 0.15) is 5.71 Å². The second-order valence-electron chi connectivity index (χ2n) is 5.21. The van der Waals surface area contributed by atoms with Gasteiger partial charge in [-0.2, -0.15) is 5.10 Å². The van der Waals surface area contributed by atoms with E-state index in [-0.39, 0.29) is 36.9 Å². The van der Waals surface area contributed by atoms with Crippen LogP contribution in [0.15, 0.2) is 29.4 Å². The van der Waals surface area contributed by atoms with Gasteiger partial charge in [0.2, 0.25) is 11.8 Å². The van der Waals surface area contributed by atoms with Crippen molar-refractivity contribution in [3.63, 3.8) is 0 Å². The van der Waals surface area contributed by atoms with E-state index in [1.807, 2.05) is 31.2 Å². The first-order chi connectivity index (χ1) is 11.0. The van der Waals surface area contributed by atoms with Crippen LogP contribution in [0.3, 0.4) is 0 Å². The van der Waals surface area contributed by atoms with Crippen molar-refractivity contribution in [2.45, 2.75) is 26.2 Å². The zero-order valence-corrected chi connectivity index (χ0v) is 13.3. The first-order valence-corrected chi connectivity index (χ1v) is 7.51. The van der Waals surface area contributed by atoms with Gasteiger partial charge in [-0.3, -0.25) is 14.4 Å². The van der Waals surface area contributed by atoms with Crippen molar-refractivity contribution in [3.05, 3.63) is 29.8 Å². The average Bonchev–Trinajstić information content (AvgIpc) is 2.55. The molecule has 2 N–H and O–H groups in total. The molecule has 2 rings (SSSR count). The van der Waals surface area contributed by atoms with E-state index in [9.17, 15) is 14.4 Å². The van der Waals surface area contributed by atoms with Crippen LogP contribution in [0.5, 0.6) is 0 Å². The summed E-state index contributed by atoms with van der Waals surface area (Å²) < 4.78 is 0. The Morgan fingerprint density at radius 2 is 2.00 bits per heavy atom. The van der Waals surface area contributed by atoms with Crippen molar-refractivity contribution in [1.82, 2.24) is 10.3 Å². The Bertz CT molecular complexity index is 654. The third-order valence-electron chi connectivity index (χ3n) is 3.55. The Kier molecular flexibility index (Phi) is 5.46. The van der Waals surface area contributed by atoms with Gasteiger partial charge in [0.25, 0.3) is 5.91 Å². The maximum absolute atomic E-state index is 12.0. The predicted octanol–water partition coefficient (Wildman–Crippen LogP) is 0.912. The third-order valence-corrected chi connectivity index (χ3v) is 3.55. The molecule has 1 heterocycles. The lowest BCUT2D eigenvalue weighted by atomic mass is 10.1. The summed E-state index contributed by atoms with van der Waals surface area (Å²) in [6.45, 7) is 1.86. The van der Waals surface area contributed by atoms with Crippen molar-refractivity contribution < 1.29 is 14.4 Å². The second-order valence-corrected chi connectivity index (χ2v) is 5.21. The molecule has 0 radical (unpaired) electrons. The molecule has 0 aromatic heterocycles. The summed E-state index contributed by atoms with van der Waals surface area (Å²) in [5.74, 6) is -0.862. The molecule has 122 valence electrons. The topological polar surface area (TPSA) is 90.9 Å². The first-order valence-electron chi connectivity index (χ1n) is 7.51. The van der Waals surface area contributed by atoms with E-state index in [0.717, 1.165) is 22.7 Å². The van der Waals surface area contributed by atoms with Gasteiger partial charge >= 0.3 is 0 Å². The first kappa shape index (κ1) is 16.7. The Morgan fingerprint density at radius 3 is 2.70 bits per heavy atom. The number of carbonyl (C=O) groups excluding carboxylic acids is 3. The van der Waals surface area contributed by atoms with Crippen LogP contribution in [0.4, 0.5) is 5.69 Å². The average molecular weight is 316 g/mol. The van der Waals surface area contributed by atoms with Gasteiger partial charge in [0.05, 0.1) is 6.54 Å². The Labute approximate surface area is 134 Å². The number of nitrogens with one attached hydrogen (secondary N) is 2. The zero-order chi connectivity index (χ0) is 16.8. The molecule has 0 aliphatic carbocycles. The Hall–Kier alpha value is -2.70. The van der Waals surface area contributed by atoms with E-state index in [1.165, 1.54) is 7.05 Å². The maximum Gasteiger partial charge on any atom is 0.267 e. The predicted molar refractivity (Wildman–Crippen MR) is 86.9 cm³/mol. The summed E-state index contributed by atoms with van der Waals surface area (Å²) in [5.41, 5.74) is 2.03. The van der Waals surface area contributed by atoms with E-state index in [1.54, 1.807) is 0 Å². The quantitative estimate of drug-likeness (QED) is 0.846. The fourth-order valence-electron chi connectivity index (χ4n) is 2.24. The summed E-state index contributed by atoms with van der Waals surface area (Å²) in [5, 5.41) is 10.4. The molecule has 7 nitrogen and oxygen atoms in total. The van der Waals surface area contributed by atoms with E-state index in [2.05, 4.69) is 15.7 Å². The van der Waals surface area contributed by atoms with Crippen molar-refractivity contribution in [2.24, 2.45) is 5.10 Å². The fraction of sp³-hybridized carbons (Fsp3) is 0.375. The van der Waals surface area contributed by atoms with Crippen LogP contribution in [-0.2, 0) is 20.8 Å². The molecule has 0 bridgehead atoms. The number of amides is 3. The van der Waals surface area contributed by atoms with Gasteiger partial charge in [-0.25, -0.2) is 5.01 Å².